The number of carbonyl (C=O) groups is 1. The Morgan fingerprint density at radius 2 is 1.79 bits per heavy atom. The van der Waals surface area contributed by atoms with Crippen LogP contribution < -0.4 is 10.6 Å². The molecule has 4 nitrogen and oxygen atoms in total. The summed E-state index contributed by atoms with van der Waals surface area (Å²) in [4.78, 5) is 17.2. The van der Waals surface area contributed by atoms with E-state index in [-0.39, 0.29) is 42.2 Å². The molecule has 152 valence electrons. The average molecular weight is 422 g/mol. The van der Waals surface area contributed by atoms with Gasteiger partial charge in [-0.15, -0.1) is 24.8 Å². The van der Waals surface area contributed by atoms with Crippen LogP contribution >= 0.6 is 24.8 Å². The molecular weight excluding hydrogens is 393 g/mol. The molecule has 2 N–H and O–H groups in total. The van der Waals surface area contributed by atoms with E-state index in [4.69, 9.17) is 0 Å². The molecule has 28 heavy (non-hydrogen) atoms. The zero-order chi connectivity index (χ0) is 18.0. The van der Waals surface area contributed by atoms with Crippen molar-refractivity contribution in [2.75, 3.05) is 13.1 Å². The predicted octanol–water partition coefficient (Wildman–Crippen LogP) is 4.55. The summed E-state index contributed by atoms with van der Waals surface area (Å²) in [5.41, 5.74) is 3.28. The van der Waals surface area contributed by atoms with Crippen LogP contribution in [0.5, 0.6) is 0 Å². The van der Waals surface area contributed by atoms with E-state index in [0.29, 0.717) is 5.92 Å². The van der Waals surface area contributed by atoms with Crippen molar-refractivity contribution >= 4 is 30.7 Å². The monoisotopic (exact) mass is 421 g/mol. The summed E-state index contributed by atoms with van der Waals surface area (Å²) >= 11 is 0. The van der Waals surface area contributed by atoms with E-state index in [0.717, 1.165) is 30.6 Å². The van der Waals surface area contributed by atoms with E-state index in [1.54, 1.807) is 0 Å². The topological polar surface area (TPSA) is 54.0 Å². The molecule has 1 unspecified atom stereocenters. The van der Waals surface area contributed by atoms with Crippen LogP contribution in [0, 0.1) is 11.3 Å². The van der Waals surface area contributed by atoms with E-state index in [9.17, 15) is 4.79 Å². The Labute approximate surface area is 179 Å². The fourth-order valence-electron chi connectivity index (χ4n) is 4.62. The lowest BCUT2D eigenvalue weighted by atomic mass is 9.67. The third kappa shape index (κ3) is 4.35. The highest BCUT2D eigenvalue weighted by molar-refractivity contribution is 5.85. The molecule has 1 aromatic carbocycles. The molecule has 2 aromatic rings. The third-order valence-corrected chi connectivity index (χ3v) is 6.26. The zero-order valence-corrected chi connectivity index (χ0v) is 17.8. The summed E-state index contributed by atoms with van der Waals surface area (Å²) in [6.45, 7) is 3.90. The van der Waals surface area contributed by atoms with Crippen LogP contribution in [0.3, 0.4) is 0 Å². The molecule has 1 saturated carbocycles. The van der Waals surface area contributed by atoms with Crippen molar-refractivity contribution in [2.45, 2.75) is 38.6 Å². The van der Waals surface area contributed by atoms with E-state index >= 15 is 0 Å². The molecule has 1 aromatic heterocycles. The van der Waals surface area contributed by atoms with Gasteiger partial charge in [-0.25, -0.2) is 0 Å². The Hall–Kier alpha value is -1.62. The molecule has 4 rings (SSSR count). The smallest absolute Gasteiger partial charge is 0.228 e. The summed E-state index contributed by atoms with van der Waals surface area (Å²) in [6.07, 6.45) is 8.23. The maximum absolute atomic E-state index is 13.1. The van der Waals surface area contributed by atoms with Gasteiger partial charge in [0.1, 0.15) is 0 Å². The number of halogens is 2. The summed E-state index contributed by atoms with van der Waals surface area (Å²) in [5, 5.41) is 6.76. The molecule has 1 saturated heterocycles. The number of hydrogen-bond donors (Lipinski definition) is 2. The van der Waals surface area contributed by atoms with Gasteiger partial charge in [0, 0.05) is 18.9 Å². The number of pyridine rings is 1. The highest BCUT2D eigenvalue weighted by Crippen LogP contribution is 2.44. The minimum absolute atomic E-state index is 0. The van der Waals surface area contributed by atoms with Crippen molar-refractivity contribution in [1.82, 2.24) is 15.6 Å². The molecule has 3 atom stereocenters. The Morgan fingerprint density at radius 3 is 2.50 bits per heavy atom. The summed E-state index contributed by atoms with van der Waals surface area (Å²) < 4.78 is 0. The van der Waals surface area contributed by atoms with E-state index in [1.807, 2.05) is 24.5 Å². The van der Waals surface area contributed by atoms with Gasteiger partial charge in [0.25, 0.3) is 0 Å². The van der Waals surface area contributed by atoms with E-state index in [2.05, 4.69) is 46.8 Å². The van der Waals surface area contributed by atoms with Crippen LogP contribution in [0.15, 0.2) is 48.8 Å². The number of benzene rings is 1. The molecule has 0 spiro atoms. The Morgan fingerprint density at radius 1 is 1.11 bits per heavy atom. The highest BCUT2D eigenvalue weighted by Gasteiger charge is 2.49. The van der Waals surface area contributed by atoms with Gasteiger partial charge >= 0.3 is 0 Å². The van der Waals surface area contributed by atoms with Crippen molar-refractivity contribution in [3.05, 3.63) is 54.4 Å². The van der Waals surface area contributed by atoms with Gasteiger partial charge in [-0.05, 0) is 61.1 Å². The first-order chi connectivity index (χ1) is 12.7. The molecule has 2 fully saturated rings. The highest BCUT2D eigenvalue weighted by atomic mass is 35.5. The Balaban J connectivity index is 0.00000140. The molecule has 1 amide bonds. The number of nitrogens with zero attached hydrogens (tertiary/aromatic N) is 1. The first-order valence-corrected chi connectivity index (χ1v) is 9.71. The van der Waals surface area contributed by atoms with Crippen LogP contribution in [0.2, 0.25) is 0 Å². The standard InChI is InChI=1S/C22H27N3O.2ClH/c1-16(17-5-7-18(8-6-17)19-9-12-23-13-10-19)25-21(26)22-11-3-2-4-20(22)14-24-15-22;;/h5-10,12-13,16,20,24H,2-4,11,14-15H2,1H3,(H,25,26);2*1H/t16?,20-,22+;;/m0../s1. The van der Waals surface area contributed by atoms with Gasteiger partial charge in [-0.3, -0.25) is 9.78 Å². The first-order valence-electron chi connectivity index (χ1n) is 9.71. The van der Waals surface area contributed by atoms with E-state index < -0.39 is 0 Å². The number of hydrogen-bond acceptors (Lipinski definition) is 3. The van der Waals surface area contributed by atoms with Crippen molar-refractivity contribution < 1.29 is 4.79 Å². The van der Waals surface area contributed by atoms with Crippen molar-refractivity contribution in [2.24, 2.45) is 11.3 Å². The Kier molecular flexibility index (Phi) is 7.87. The molecule has 0 radical (unpaired) electrons. The molecular formula is C22H29Cl2N3O. The quantitative estimate of drug-likeness (QED) is 0.760. The van der Waals surface area contributed by atoms with Gasteiger partial charge in [0.2, 0.25) is 5.91 Å². The van der Waals surface area contributed by atoms with Crippen molar-refractivity contribution in [1.29, 1.82) is 0 Å². The lowest BCUT2D eigenvalue weighted by molar-refractivity contribution is -0.134. The number of nitrogens with one attached hydrogen (secondary N) is 2. The van der Waals surface area contributed by atoms with Crippen molar-refractivity contribution in [3.63, 3.8) is 0 Å². The van der Waals surface area contributed by atoms with E-state index in [1.165, 1.54) is 24.8 Å². The minimum atomic E-state index is -0.191. The molecule has 1 aliphatic carbocycles. The predicted molar refractivity (Wildman–Crippen MR) is 118 cm³/mol. The SMILES string of the molecule is CC(NC(=O)[C@@]12CCCC[C@H]1CNC2)c1ccc(-c2ccncc2)cc1.Cl.Cl. The molecule has 6 heteroatoms. The number of amides is 1. The zero-order valence-electron chi connectivity index (χ0n) is 16.2. The van der Waals surface area contributed by atoms with Gasteiger partial charge in [0.15, 0.2) is 0 Å². The lowest BCUT2D eigenvalue weighted by Crippen LogP contribution is -2.48. The first kappa shape index (κ1) is 22.7. The molecule has 0 bridgehead atoms. The fourth-order valence-corrected chi connectivity index (χ4v) is 4.62. The van der Waals surface area contributed by atoms with Crippen LogP contribution in [0.1, 0.15) is 44.2 Å². The van der Waals surface area contributed by atoms with Crippen molar-refractivity contribution in [3.8, 4) is 11.1 Å². The second kappa shape index (κ2) is 9.73. The largest absolute Gasteiger partial charge is 0.349 e. The third-order valence-electron chi connectivity index (χ3n) is 6.26. The maximum atomic E-state index is 13.1. The molecule has 1 aliphatic heterocycles. The van der Waals surface area contributed by atoms with Gasteiger partial charge in [-0.2, -0.15) is 0 Å². The van der Waals surface area contributed by atoms with Gasteiger partial charge < -0.3 is 10.6 Å². The summed E-state index contributed by atoms with van der Waals surface area (Å²) in [5.74, 6) is 0.732. The Bertz CT molecular complexity index is 769. The lowest BCUT2D eigenvalue weighted by Gasteiger charge is -2.38. The van der Waals surface area contributed by atoms with Crippen LogP contribution in [0.4, 0.5) is 0 Å². The molecule has 2 heterocycles. The average Bonchev–Trinajstić information content (AvgIpc) is 3.14. The number of carbonyl (C=O) groups excluding carboxylic acids is 1. The van der Waals surface area contributed by atoms with Gasteiger partial charge in [0.05, 0.1) is 11.5 Å². The molecule has 2 aliphatic rings. The number of fused-ring (bicyclic) bond motifs is 1. The number of rotatable bonds is 4. The minimum Gasteiger partial charge on any atom is -0.349 e. The van der Waals surface area contributed by atoms with Gasteiger partial charge in [-0.1, -0.05) is 37.1 Å². The van der Waals surface area contributed by atoms with Crippen LogP contribution in [0.25, 0.3) is 11.1 Å². The number of aromatic nitrogens is 1. The second-order valence-electron chi connectivity index (χ2n) is 7.78. The van der Waals surface area contributed by atoms with Crippen LogP contribution in [-0.2, 0) is 4.79 Å². The van der Waals surface area contributed by atoms with Crippen LogP contribution in [-0.4, -0.2) is 24.0 Å². The second-order valence-corrected chi connectivity index (χ2v) is 7.78. The summed E-state index contributed by atoms with van der Waals surface area (Å²) in [7, 11) is 0. The fraction of sp³-hybridized carbons (Fsp3) is 0.455. The normalized spacial score (nSPS) is 24.2. The summed E-state index contributed by atoms with van der Waals surface area (Å²) in [6, 6.07) is 12.5. The maximum Gasteiger partial charge on any atom is 0.228 e.